The minimum Gasteiger partial charge on any atom is -0.348 e. The van der Waals surface area contributed by atoms with E-state index < -0.39 is 16.1 Å². The number of carbonyl (C=O) groups excluding carboxylic acids is 1. The summed E-state index contributed by atoms with van der Waals surface area (Å²) in [6.45, 7) is 9.32. The fourth-order valence-corrected chi connectivity index (χ4v) is 4.32. The van der Waals surface area contributed by atoms with Crippen LogP contribution in [0.1, 0.15) is 42.1 Å². The lowest BCUT2D eigenvalue weighted by atomic mass is 10.0. The highest BCUT2D eigenvalue weighted by Crippen LogP contribution is 2.27. The van der Waals surface area contributed by atoms with Crippen molar-refractivity contribution in [2.45, 2.75) is 46.7 Å². The molecule has 0 aliphatic carbocycles. The SMILES string of the molecule is Cc1ccc([C@@H](C)NC(=O)[C@H](C)N(c2ccc(C)c(Cl)c2)S(C)(=O)=O)cc1C. The minimum absolute atomic E-state index is 0.253. The van der Waals surface area contributed by atoms with Crippen LogP contribution in [0.15, 0.2) is 36.4 Å². The van der Waals surface area contributed by atoms with Crippen molar-refractivity contribution >= 4 is 33.2 Å². The molecule has 0 spiro atoms. The van der Waals surface area contributed by atoms with Crippen LogP contribution >= 0.6 is 11.6 Å². The fraction of sp³-hybridized carbons (Fsp3) is 0.381. The number of benzene rings is 2. The number of sulfonamides is 1. The lowest BCUT2D eigenvalue weighted by Crippen LogP contribution is -2.48. The second-order valence-corrected chi connectivity index (χ2v) is 9.51. The van der Waals surface area contributed by atoms with Crippen LogP contribution in [-0.2, 0) is 14.8 Å². The monoisotopic (exact) mass is 422 g/mol. The predicted octanol–water partition coefficient (Wildman–Crippen LogP) is 4.30. The number of hydrogen-bond donors (Lipinski definition) is 1. The molecule has 1 amide bonds. The van der Waals surface area contributed by atoms with E-state index in [-0.39, 0.29) is 11.9 Å². The van der Waals surface area contributed by atoms with Gasteiger partial charge in [-0.2, -0.15) is 0 Å². The molecule has 0 saturated carbocycles. The Morgan fingerprint density at radius 2 is 1.61 bits per heavy atom. The molecule has 0 aliphatic heterocycles. The highest BCUT2D eigenvalue weighted by Gasteiger charge is 2.30. The molecule has 2 rings (SSSR count). The van der Waals surface area contributed by atoms with Gasteiger partial charge in [-0.1, -0.05) is 35.9 Å². The first-order chi connectivity index (χ1) is 12.9. The molecule has 0 unspecified atom stereocenters. The Kier molecular flexibility index (Phi) is 6.78. The van der Waals surface area contributed by atoms with Crippen LogP contribution in [0.25, 0.3) is 0 Å². The summed E-state index contributed by atoms with van der Waals surface area (Å²) in [7, 11) is -3.69. The second-order valence-electron chi connectivity index (χ2n) is 7.24. The van der Waals surface area contributed by atoms with Gasteiger partial charge in [0.2, 0.25) is 15.9 Å². The van der Waals surface area contributed by atoms with E-state index in [0.717, 1.165) is 27.3 Å². The van der Waals surface area contributed by atoms with Gasteiger partial charge in [0.1, 0.15) is 6.04 Å². The van der Waals surface area contributed by atoms with Gasteiger partial charge in [-0.05, 0) is 69.0 Å². The van der Waals surface area contributed by atoms with Gasteiger partial charge in [-0.25, -0.2) is 8.42 Å². The topological polar surface area (TPSA) is 66.5 Å². The van der Waals surface area contributed by atoms with E-state index in [9.17, 15) is 13.2 Å². The van der Waals surface area contributed by atoms with Gasteiger partial charge < -0.3 is 5.32 Å². The van der Waals surface area contributed by atoms with Crippen molar-refractivity contribution in [3.05, 3.63) is 63.7 Å². The number of amides is 1. The molecule has 2 aromatic rings. The van der Waals surface area contributed by atoms with Crippen LogP contribution in [-0.4, -0.2) is 26.6 Å². The van der Waals surface area contributed by atoms with Crippen LogP contribution in [0, 0.1) is 20.8 Å². The lowest BCUT2D eigenvalue weighted by molar-refractivity contribution is -0.122. The molecule has 0 bridgehead atoms. The number of carbonyl (C=O) groups is 1. The number of anilines is 1. The molecule has 2 atom stereocenters. The molecule has 0 aliphatic rings. The van der Waals surface area contributed by atoms with Crippen LogP contribution in [0.2, 0.25) is 5.02 Å². The first kappa shape index (κ1) is 22.2. The average molecular weight is 423 g/mol. The largest absolute Gasteiger partial charge is 0.348 e. The fourth-order valence-electron chi connectivity index (χ4n) is 2.98. The molecule has 0 heterocycles. The summed E-state index contributed by atoms with van der Waals surface area (Å²) < 4.78 is 25.9. The summed E-state index contributed by atoms with van der Waals surface area (Å²) in [4.78, 5) is 12.8. The quantitative estimate of drug-likeness (QED) is 0.754. The lowest BCUT2D eigenvalue weighted by Gasteiger charge is -2.29. The van der Waals surface area contributed by atoms with Crippen LogP contribution in [0.3, 0.4) is 0 Å². The highest BCUT2D eigenvalue weighted by atomic mass is 35.5. The van der Waals surface area contributed by atoms with Crippen LogP contribution in [0.4, 0.5) is 5.69 Å². The van der Waals surface area contributed by atoms with Crippen molar-refractivity contribution in [2.24, 2.45) is 0 Å². The second kappa shape index (κ2) is 8.53. The Balaban J connectivity index is 2.28. The smallest absolute Gasteiger partial charge is 0.244 e. The number of nitrogens with one attached hydrogen (secondary N) is 1. The zero-order chi connectivity index (χ0) is 21.2. The zero-order valence-corrected chi connectivity index (χ0v) is 18.6. The molecule has 0 fully saturated rings. The van der Waals surface area contributed by atoms with Gasteiger partial charge in [-0.15, -0.1) is 0 Å². The molecule has 0 radical (unpaired) electrons. The van der Waals surface area contributed by atoms with Gasteiger partial charge in [0.15, 0.2) is 0 Å². The number of halogens is 1. The van der Waals surface area contributed by atoms with Crippen molar-refractivity contribution < 1.29 is 13.2 Å². The third-order valence-electron chi connectivity index (χ3n) is 4.89. The highest BCUT2D eigenvalue weighted by molar-refractivity contribution is 7.92. The van der Waals surface area contributed by atoms with E-state index in [0.29, 0.717) is 10.7 Å². The van der Waals surface area contributed by atoms with E-state index in [1.807, 2.05) is 45.9 Å². The predicted molar refractivity (Wildman–Crippen MR) is 115 cm³/mol. The summed E-state index contributed by atoms with van der Waals surface area (Å²) in [5.41, 5.74) is 4.47. The molecule has 1 N–H and O–H groups in total. The first-order valence-corrected chi connectivity index (χ1v) is 11.3. The van der Waals surface area contributed by atoms with Crippen molar-refractivity contribution in [1.82, 2.24) is 5.32 Å². The Labute approximate surface area is 172 Å². The van der Waals surface area contributed by atoms with Gasteiger partial charge in [0, 0.05) is 5.02 Å². The third-order valence-corrected chi connectivity index (χ3v) is 6.54. The molecule has 2 aromatic carbocycles. The molecule has 0 aromatic heterocycles. The van der Waals surface area contributed by atoms with Gasteiger partial charge >= 0.3 is 0 Å². The number of nitrogens with zero attached hydrogens (tertiary/aromatic N) is 1. The van der Waals surface area contributed by atoms with Crippen molar-refractivity contribution in [2.75, 3.05) is 10.6 Å². The Morgan fingerprint density at radius 3 is 2.14 bits per heavy atom. The van der Waals surface area contributed by atoms with E-state index in [4.69, 9.17) is 11.6 Å². The zero-order valence-electron chi connectivity index (χ0n) is 17.1. The molecule has 5 nitrogen and oxygen atoms in total. The van der Waals surface area contributed by atoms with Crippen LogP contribution < -0.4 is 9.62 Å². The van der Waals surface area contributed by atoms with E-state index in [1.165, 1.54) is 5.56 Å². The van der Waals surface area contributed by atoms with Gasteiger partial charge in [-0.3, -0.25) is 9.10 Å². The van der Waals surface area contributed by atoms with Crippen molar-refractivity contribution in [3.63, 3.8) is 0 Å². The Hall–Kier alpha value is -2.05. The Morgan fingerprint density at radius 1 is 1.00 bits per heavy atom. The van der Waals surface area contributed by atoms with Crippen LogP contribution in [0.5, 0.6) is 0 Å². The maximum Gasteiger partial charge on any atom is 0.244 e. The molecule has 0 saturated heterocycles. The van der Waals surface area contributed by atoms with Gasteiger partial charge in [0.25, 0.3) is 0 Å². The first-order valence-electron chi connectivity index (χ1n) is 9.05. The third kappa shape index (κ3) is 5.06. The van der Waals surface area contributed by atoms with E-state index >= 15 is 0 Å². The van der Waals surface area contributed by atoms with Crippen molar-refractivity contribution in [1.29, 1.82) is 0 Å². The summed E-state index contributed by atoms with van der Waals surface area (Å²) >= 11 is 6.16. The maximum absolute atomic E-state index is 12.8. The number of aryl methyl sites for hydroxylation is 3. The maximum atomic E-state index is 12.8. The summed E-state index contributed by atoms with van der Waals surface area (Å²) in [6, 6.07) is 9.77. The molecule has 28 heavy (non-hydrogen) atoms. The van der Waals surface area contributed by atoms with E-state index in [1.54, 1.807) is 25.1 Å². The standard InChI is InChI=1S/C21H27ClN2O3S/c1-13-7-9-18(11-15(13)3)16(4)23-21(25)17(5)24(28(6,26)27)19-10-8-14(2)20(22)12-19/h7-12,16-17H,1-6H3,(H,23,25)/t16-,17+/m1/s1. The van der Waals surface area contributed by atoms with Gasteiger partial charge in [0.05, 0.1) is 18.0 Å². The Bertz CT molecular complexity index is 989. The minimum atomic E-state index is -3.69. The number of hydrogen-bond acceptors (Lipinski definition) is 3. The summed E-state index contributed by atoms with van der Waals surface area (Å²) in [6.07, 6.45) is 1.08. The van der Waals surface area contributed by atoms with Crippen molar-refractivity contribution in [3.8, 4) is 0 Å². The average Bonchev–Trinajstić information content (AvgIpc) is 2.59. The molecule has 152 valence electrons. The number of rotatable bonds is 6. The normalized spacial score (nSPS) is 13.7. The summed E-state index contributed by atoms with van der Waals surface area (Å²) in [5, 5.41) is 3.36. The van der Waals surface area contributed by atoms with E-state index in [2.05, 4.69) is 5.32 Å². The molecular weight excluding hydrogens is 396 g/mol. The summed E-state index contributed by atoms with van der Waals surface area (Å²) in [5.74, 6) is -0.382. The molecule has 7 heteroatoms. The molecular formula is C21H27ClN2O3S.